The summed E-state index contributed by atoms with van der Waals surface area (Å²) in [6, 6.07) is 17.0. The molecule has 0 bridgehead atoms. The third-order valence-corrected chi connectivity index (χ3v) is 4.45. The first-order valence-corrected chi connectivity index (χ1v) is 9.18. The van der Waals surface area contributed by atoms with E-state index in [4.69, 9.17) is 9.15 Å². The average Bonchev–Trinajstić information content (AvgIpc) is 3.15. The smallest absolute Gasteiger partial charge is 0.342 e. The quantitative estimate of drug-likeness (QED) is 0.456. The molecule has 3 aromatic rings. The summed E-state index contributed by atoms with van der Waals surface area (Å²) in [5.41, 5.74) is 1.69. The van der Waals surface area contributed by atoms with Crippen LogP contribution in [0.15, 0.2) is 69.1 Å². The van der Waals surface area contributed by atoms with Gasteiger partial charge in [-0.15, -0.1) is 10.2 Å². The first kappa shape index (κ1) is 18.7. The Bertz CT molecular complexity index is 938. The van der Waals surface area contributed by atoms with Crippen LogP contribution in [-0.2, 0) is 17.8 Å². The molecule has 1 aromatic heterocycles. The van der Waals surface area contributed by atoms with Gasteiger partial charge in [-0.1, -0.05) is 55.5 Å². The summed E-state index contributed by atoms with van der Waals surface area (Å²) in [6.07, 6.45) is 2.14. The number of carboxylic acid groups (broad SMARTS) is 1. The fourth-order valence-electron chi connectivity index (χ4n) is 2.26. The van der Waals surface area contributed by atoms with Crippen molar-refractivity contribution in [3.05, 3.63) is 76.5 Å². The second kappa shape index (κ2) is 9.05. The SMILES string of the molecule is CCc1nnc(S/C(=C/c2ccccc2OCc2ccccc2)C(=O)O)o1. The fraction of sp³-hybridized carbons (Fsp3) is 0.150. The third kappa shape index (κ3) is 5.21. The van der Waals surface area contributed by atoms with Crippen LogP contribution in [0.1, 0.15) is 23.9 Å². The van der Waals surface area contributed by atoms with E-state index in [0.29, 0.717) is 30.2 Å². The third-order valence-electron chi connectivity index (χ3n) is 3.60. The number of para-hydroxylation sites is 1. The molecule has 0 amide bonds. The second-order valence-corrected chi connectivity index (χ2v) is 6.54. The number of rotatable bonds is 8. The van der Waals surface area contributed by atoms with Gasteiger partial charge >= 0.3 is 5.97 Å². The van der Waals surface area contributed by atoms with Crippen LogP contribution in [0.25, 0.3) is 6.08 Å². The Morgan fingerprint density at radius 1 is 1.15 bits per heavy atom. The highest BCUT2D eigenvalue weighted by Crippen LogP contribution is 2.30. The normalized spacial score (nSPS) is 11.4. The summed E-state index contributed by atoms with van der Waals surface area (Å²) in [5, 5.41) is 17.4. The zero-order valence-electron chi connectivity index (χ0n) is 14.7. The van der Waals surface area contributed by atoms with E-state index in [-0.39, 0.29) is 10.1 Å². The zero-order chi connectivity index (χ0) is 19.1. The molecule has 0 aliphatic heterocycles. The van der Waals surface area contributed by atoms with Gasteiger partial charge in [0.05, 0.1) is 0 Å². The van der Waals surface area contributed by atoms with Gasteiger partial charge in [-0.25, -0.2) is 4.79 Å². The lowest BCUT2D eigenvalue weighted by molar-refractivity contribution is -0.131. The van der Waals surface area contributed by atoms with Gasteiger partial charge in [-0.3, -0.25) is 0 Å². The van der Waals surface area contributed by atoms with Crippen LogP contribution in [0.4, 0.5) is 0 Å². The molecule has 0 aliphatic rings. The number of carbonyl (C=O) groups is 1. The minimum Gasteiger partial charge on any atom is -0.488 e. The number of aromatic nitrogens is 2. The van der Waals surface area contributed by atoms with Crippen LogP contribution in [0.2, 0.25) is 0 Å². The van der Waals surface area contributed by atoms with E-state index in [1.165, 1.54) is 0 Å². The maximum absolute atomic E-state index is 11.7. The minimum atomic E-state index is -1.07. The van der Waals surface area contributed by atoms with Gasteiger partial charge < -0.3 is 14.3 Å². The first-order chi connectivity index (χ1) is 13.2. The van der Waals surface area contributed by atoms with Crippen LogP contribution >= 0.6 is 11.8 Å². The summed E-state index contributed by atoms with van der Waals surface area (Å²) in [4.78, 5) is 11.7. The lowest BCUT2D eigenvalue weighted by atomic mass is 10.2. The first-order valence-electron chi connectivity index (χ1n) is 8.36. The van der Waals surface area contributed by atoms with E-state index in [1.54, 1.807) is 18.2 Å². The summed E-state index contributed by atoms with van der Waals surface area (Å²) in [6.45, 7) is 2.28. The lowest BCUT2D eigenvalue weighted by Crippen LogP contribution is -1.99. The van der Waals surface area contributed by atoms with Crippen molar-refractivity contribution in [3.63, 3.8) is 0 Å². The van der Waals surface area contributed by atoms with Crippen LogP contribution < -0.4 is 4.74 Å². The number of aryl methyl sites for hydroxylation is 1. The molecule has 7 heteroatoms. The van der Waals surface area contributed by atoms with Crippen molar-refractivity contribution in [3.8, 4) is 5.75 Å². The molecular weight excluding hydrogens is 364 g/mol. The van der Waals surface area contributed by atoms with Gasteiger partial charge in [-0.05, 0) is 29.5 Å². The highest BCUT2D eigenvalue weighted by atomic mass is 32.2. The Morgan fingerprint density at radius 3 is 2.59 bits per heavy atom. The van der Waals surface area contributed by atoms with Crippen molar-refractivity contribution in [2.24, 2.45) is 0 Å². The molecule has 0 fully saturated rings. The molecule has 0 unspecified atom stereocenters. The van der Waals surface area contributed by atoms with E-state index < -0.39 is 5.97 Å². The van der Waals surface area contributed by atoms with Crippen molar-refractivity contribution in [1.82, 2.24) is 10.2 Å². The predicted molar refractivity (Wildman–Crippen MR) is 102 cm³/mol. The van der Waals surface area contributed by atoms with Gasteiger partial charge in [0.2, 0.25) is 5.89 Å². The van der Waals surface area contributed by atoms with Crippen molar-refractivity contribution < 1.29 is 19.1 Å². The maximum atomic E-state index is 11.7. The molecule has 0 aliphatic carbocycles. The van der Waals surface area contributed by atoms with Crippen molar-refractivity contribution in [2.45, 2.75) is 25.2 Å². The summed E-state index contributed by atoms with van der Waals surface area (Å²) < 4.78 is 11.3. The molecule has 0 saturated heterocycles. The number of thioether (sulfide) groups is 1. The van der Waals surface area contributed by atoms with E-state index in [1.807, 2.05) is 49.4 Å². The summed E-state index contributed by atoms with van der Waals surface area (Å²) >= 11 is 0.917. The number of carboxylic acids is 1. The Labute approximate surface area is 160 Å². The van der Waals surface area contributed by atoms with Crippen molar-refractivity contribution in [2.75, 3.05) is 0 Å². The topological polar surface area (TPSA) is 85.5 Å². The minimum absolute atomic E-state index is 0.0667. The average molecular weight is 382 g/mol. The van der Waals surface area contributed by atoms with Crippen molar-refractivity contribution in [1.29, 1.82) is 0 Å². The molecule has 138 valence electrons. The second-order valence-electron chi connectivity index (χ2n) is 5.54. The van der Waals surface area contributed by atoms with Crippen LogP contribution in [0.5, 0.6) is 5.75 Å². The Hall–Kier alpha value is -3.06. The summed E-state index contributed by atoms with van der Waals surface area (Å²) in [7, 11) is 0. The van der Waals surface area contributed by atoms with Gasteiger partial charge in [0.25, 0.3) is 5.22 Å². The Morgan fingerprint density at radius 2 is 1.89 bits per heavy atom. The number of benzene rings is 2. The predicted octanol–water partition coefficient (Wildman–Crippen LogP) is 4.43. The van der Waals surface area contributed by atoms with Crippen molar-refractivity contribution >= 4 is 23.8 Å². The number of hydrogen-bond donors (Lipinski definition) is 1. The number of hydrogen-bond acceptors (Lipinski definition) is 6. The van der Waals surface area contributed by atoms with E-state index in [0.717, 1.165) is 17.3 Å². The molecule has 1 heterocycles. The number of nitrogens with zero attached hydrogens (tertiary/aromatic N) is 2. The monoisotopic (exact) mass is 382 g/mol. The van der Waals surface area contributed by atoms with Gasteiger partial charge in [0, 0.05) is 12.0 Å². The molecule has 0 spiro atoms. The molecule has 3 rings (SSSR count). The van der Waals surface area contributed by atoms with Gasteiger partial charge in [0.15, 0.2) is 0 Å². The fourth-order valence-corrected chi connectivity index (χ4v) is 2.94. The van der Waals surface area contributed by atoms with Gasteiger partial charge in [0.1, 0.15) is 17.3 Å². The molecular formula is C20H18N2O4S. The number of ether oxygens (including phenoxy) is 1. The van der Waals surface area contributed by atoms with Gasteiger partial charge in [-0.2, -0.15) is 0 Å². The van der Waals surface area contributed by atoms with Crippen LogP contribution in [0.3, 0.4) is 0 Å². The van der Waals surface area contributed by atoms with E-state index in [9.17, 15) is 9.90 Å². The highest BCUT2D eigenvalue weighted by Gasteiger charge is 2.16. The summed E-state index contributed by atoms with van der Waals surface area (Å²) in [5.74, 6) is -0.0107. The Balaban J connectivity index is 1.81. The van der Waals surface area contributed by atoms with Crippen LogP contribution in [-0.4, -0.2) is 21.3 Å². The largest absolute Gasteiger partial charge is 0.488 e. The molecule has 0 atom stereocenters. The molecule has 2 aromatic carbocycles. The molecule has 1 N–H and O–H groups in total. The molecule has 6 nitrogen and oxygen atoms in total. The van der Waals surface area contributed by atoms with Crippen LogP contribution in [0, 0.1) is 0 Å². The highest BCUT2D eigenvalue weighted by molar-refractivity contribution is 8.03. The standard InChI is InChI=1S/C20H18N2O4S/c1-2-18-21-22-20(26-18)27-17(19(23)24)12-15-10-6-7-11-16(15)25-13-14-8-4-3-5-9-14/h3-12H,2,13H2,1H3,(H,23,24)/b17-12+. The molecule has 0 radical (unpaired) electrons. The lowest BCUT2D eigenvalue weighted by Gasteiger charge is -2.10. The molecule has 0 saturated carbocycles. The zero-order valence-corrected chi connectivity index (χ0v) is 15.5. The maximum Gasteiger partial charge on any atom is 0.342 e. The number of aliphatic carboxylic acids is 1. The van der Waals surface area contributed by atoms with E-state index in [2.05, 4.69) is 10.2 Å². The molecule has 27 heavy (non-hydrogen) atoms. The van der Waals surface area contributed by atoms with E-state index >= 15 is 0 Å². The Kier molecular flexibility index (Phi) is 6.27.